The third-order valence-electron chi connectivity index (χ3n) is 2.89. The number of carboxylic acid groups (broad SMARTS) is 2. The summed E-state index contributed by atoms with van der Waals surface area (Å²) < 4.78 is 4.80. The molecule has 5 N–H and O–H groups in total. The van der Waals surface area contributed by atoms with E-state index in [2.05, 4.69) is 0 Å². The number of aliphatic hydroxyl groups is 1. The van der Waals surface area contributed by atoms with Crippen molar-refractivity contribution in [1.82, 2.24) is 0 Å². The third kappa shape index (κ3) is 5.08. The molecular formula is C14H15NO8. The van der Waals surface area contributed by atoms with Crippen LogP contribution in [0, 0.1) is 0 Å². The van der Waals surface area contributed by atoms with Gasteiger partial charge in [-0.05, 0) is 0 Å². The summed E-state index contributed by atoms with van der Waals surface area (Å²) in [7, 11) is 0. The second-order valence-corrected chi connectivity index (χ2v) is 4.77. The van der Waals surface area contributed by atoms with E-state index in [1.165, 1.54) is 12.1 Å². The lowest BCUT2D eigenvalue weighted by atomic mass is 9.96. The van der Waals surface area contributed by atoms with Gasteiger partial charge in [-0.25, -0.2) is 4.79 Å². The highest BCUT2D eigenvalue weighted by atomic mass is 16.5. The van der Waals surface area contributed by atoms with Crippen LogP contribution in [0.25, 0.3) is 0 Å². The Morgan fingerprint density at radius 2 is 1.65 bits per heavy atom. The first-order valence-electron chi connectivity index (χ1n) is 6.37. The lowest BCUT2D eigenvalue weighted by molar-refractivity contribution is -0.174. The van der Waals surface area contributed by atoms with Gasteiger partial charge in [-0.2, -0.15) is 0 Å². The van der Waals surface area contributed by atoms with Crippen LogP contribution < -0.4 is 5.73 Å². The van der Waals surface area contributed by atoms with Crippen molar-refractivity contribution >= 4 is 23.8 Å². The van der Waals surface area contributed by atoms with Crippen molar-refractivity contribution in [3.05, 3.63) is 35.9 Å². The average Bonchev–Trinajstić information content (AvgIpc) is 2.44. The highest BCUT2D eigenvalue weighted by Gasteiger charge is 2.42. The molecule has 0 aliphatic rings. The number of amides is 1. The third-order valence-corrected chi connectivity index (χ3v) is 2.89. The minimum atomic E-state index is -2.85. The minimum absolute atomic E-state index is 0.255. The predicted octanol–water partition coefficient (Wildman–Crippen LogP) is -0.563. The zero-order valence-electron chi connectivity index (χ0n) is 11.8. The first-order chi connectivity index (χ1) is 10.7. The van der Waals surface area contributed by atoms with E-state index in [1.54, 1.807) is 18.2 Å². The SMILES string of the molecule is NC(=O)C(OC(=O)CC(O)(CC(=O)O)C(=O)O)c1ccccc1. The van der Waals surface area contributed by atoms with E-state index in [0.717, 1.165) is 0 Å². The Labute approximate surface area is 130 Å². The van der Waals surface area contributed by atoms with Crippen LogP contribution in [0.5, 0.6) is 0 Å². The average molecular weight is 325 g/mol. The summed E-state index contributed by atoms with van der Waals surface area (Å²) in [6, 6.07) is 7.71. The fourth-order valence-electron chi connectivity index (χ4n) is 1.79. The monoisotopic (exact) mass is 325 g/mol. The zero-order chi connectivity index (χ0) is 17.6. The smallest absolute Gasteiger partial charge is 0.336 e. The number of hydrogen-bond donors (Lipinski definition) is 4. The second kappa shape index (κ2) is 7.36. The van der Waals surface area contributed by atoms with Crippen LogP contribution in [0.2, 0.25) is 0 Å². The van der Waals surface area contributed by atoms with Crippen LogP contribution in [0.1, 0.15) is 24.5 Å². The summed E-state index contributed by atoms with van der Waals surface area (Å²) in [6.45, 7) is 0. The predicted molar refractivity (Wildman–Crippen MR) is 73.9 cm³/mol. The van der Waals surface area contributed by atoms with E-state index in [4.69, 9.17) is 20.7 Å². The molecule has 1 aromatic rings. The summed E-state index contributed by atoms with van der Waals surface area (Å²) in [6.07, 6.45) is -3.83. The fraction of sp³-hybridized carbons (Fsp3) is 0.286. The number of benzene rings is 1. The number of carbonyl (C=O) groups is 4. The van der Waals surface area contributed by atoms with Gasteiger partial charge < -0.3 is 25.8 Å². The molecule has 1 aromatic carbocycles. The number of nitrogens with two attached hydrogens (primary N) is 1. The van der Waals surface area contributed by atoms with Crippen molar-refractivity contribution in [1.29, 1.82) is 0 Å². The Kier molecular flexibility index (Phi) is 5.80. The minimum Gasteiger partial charge on any atom is -0.481 e. The summed E-state index contributed by atoms with van der Waals surface area (Å²) in [5.41, 5.74) is 2.54. The molecule has 0 saturated heterocycles. The van der Waals surface area contributed by atoms with Gasteiger partial charge in [-0.1, -0.05) is 30.3 Å². The molecule has 9 heteroatoms. The molecule has 23 heavy (non-hydrogen) atoms. The van der Waals surface area contributed by atoms with E-state index in [1.807, 2.05) is 0 Å². The van der Waals surface area contributed by atoms with Gasteiger partial charge in [0.2, 0.25) is 6.10 Å². The van der Waals surface area contributed by atoms with Crippen LogP contribution in [0.15, 0.2) is 30.3 Å². The molecular weight excluding hydrogens is 310 g/mol. The Morgan fingerprint density at radius 1 is 1.09 bits per heavy atom. The number of carboxylic acids is 2. The molecule has 124 valence electrons. The maximum Gasteiger partial charge on any atom is 0.336 e. The van der Waals surface area contributed by atoms with Crippen molar-refractivity contribution < 1.29 is 39.2 Å². The Morgan fingerprint density at radius 3 is 2.09 bits per heavy atom. The molecule has 9 nitrogen and oxygen atoms in total. The molecule has 0 aromatic heterocycles. The number of esters is 1. The van der Waals surface area contributed by atoms with E-state index in [-0.39, 0.29) is 5.56 Å². The van der Waals surface area contributed by atoms with Crippen LogP contribution >= 0.6 is 0 Å². The first kappa shape index (κ1) is 18.1. The molecule has 0 bridgehead atoms. The summed E-state index contributed by atoms with van der Waals surface area (Å²) in [5, 5.41) is 27.2. The van der Waals surface area contributed by atoms with Crippen molar-refractivity contribution in [3.8, 4) is 0 Å². The molecule has 0 radical (unpaired) electrons. The van der Waals surface area contributed by atoms with Gasteiger partial charge in [-0.15, -0.1) is 0 Å². The Balaban J connectivity index is 2.89. The molecule has 1 rings (SSSR count). The Bertz CT molecular complexity index is 614. The van der Waals surface area contributed by atoms with Gasteiger partial charge in [0, 0.05) is 5.56 Å². The number of primary amides is 1. The van der Waals surface area contributed by atoms with E-state index in [9.17, 15) is 24.3 Å². The van der Waals surface area contributed by atoms with Gasteiger partial charge in [0.05, 0.1) is 12.8 Å². The maximum absolute atomic E-state index is 11.8. The van der Waals surface area contributed by atoms with Crippen molar-refractivity contribution in [2.24, 2.45) is 5.73 Å². The summed E-state index contributed by atoms with van der Waals surface area (Å²) >= 11 is 0. The lowest BCUT2D eigenvalue weighted by Crippen LogP contribution is -2.43. The molecule has 0 aliphatic heterocycles. The molecule has 2 unspecified atom stereocenters. The number of carbonyl (C=O) groups excluding carboxylic acids is 2. The summed E-state index contributed by atoms with van der Waals surface area (Å²) in [5.74, 6) is -5.78. The van der Waals surface area contributed by atoms with Gasteiger partial charge in [0.15, 0.2) is 5.60 Å². The van der Waals surface area contributed by atoms with Gasteiger partial charge in [0.25, 0.3) is 5.91 Å². The lowest BCUT2D eigenvalue weighted by Gasteiger charge is -2.22. The topological polar surface area (TPSA) is 164 Å². The van der Waals surface area contributed by atoms with Crippen LogP contribution in [0.4, 0.5) is 0 Å². The highest BCUT2D eigenvalue weighted by Crippen LogP contribution is 2.22. The number of ether oxygens (including phenoxy) is 1. The second-order valence-electron chi connectivity index (χ2n) is 4.77. The van der Waals surface area contributed by atoms with Crippen LogP contribution in [-0.2, 0) is 23.9 Å². The van der Waals surface area contributed by atoms with Crippen LogP contribution in [-0.4, -0.2) is 44.7 Å². The van der Waals surface area contributed by atoms with Crippen molar-refractivity contribution in [3.63, 3.8) is 0 Å². The molecule has 0 spiro atoms. The molecule has 1 amide bonds. The first-order valence-corrected chi connectivity index (χ1v) is 6.37. The molecule has 2 atom stereocenters. The van der Waals surface area contributed by atoms with E-state index in [0.29, 0.717) is 0 Å². The van der Waals surface area contributed by atoms with Gasteiger partial charge in [-0.3, -0.25) is 14.4 Å². The normalized spacial score (nSPS) is 14.3. The van der Waals surface area contributed by atoms with E-state index < -0.39 is 48.4 Å². The number of rotatable bonds is 8. The molecule has 0 aliphatic carbocycles. The van der Waals surface area contributed by atoms with Gasteiger partial charge >= 0.3 is 17.9 Å². The molecule has 0 fully saturated rings. The standard InChI is InChI=1S/C14H15NO8/c15-12(19)11(8-4-2-1-3-5-8)23-10(18)7-14(22,13(20)21)6-9(16)17/h1-5,11,22H,6-7H2,(H2,15,19)(H,16,17)(H,20,21). The number of aliphatic carboxylic acids is 2. The number of hydrogen-bond acceptors (Lipinski definition) is 6. The van der Waals surface area contributed by atoms with Gasteiger partial charge in [0.1, 0.15) is 0 Å². The van der Waals surface area contributed by atoms with E-state index >= 15 is 0 Å². The van der Waals surface area contributed by atoms with Crippen molar-refractivity contribution in [2.75, 3.05) is 0 Å². The molecule has 0 heterocycles. The molecule has 0 saturated carbocycles. The highest BCUT2D eigenvalue weighted by molar-refractivity contribution is 5.90. The Hall–Kier alpha value is -2.94. The largest absolute Gasteiger partial charge is 0.481 e. The maximum atomic E-state index is 11.8. The van der Waals surface area contributed by atoms with Crippen LogP contribution in [0.3, 0.4) is 0 Å². The summed E-state index contributed by atoms with van der Waals surface area (Å²) in [4.78, 5) is 44.7. The van der Waals surface area contributed by atoms with Crippen molar-refractivity contribution in [2.45, 2.75) is 24.5 Å². The quantitative estimate of drug-likeness (QED) is 0.462. The fourth-order valence-corrected chi connectivity index (χ4v) is 1.79. The zero-order valence-corrected chi connectivity index (χ0v) is 11.8.